The van der Waals surface area contributed by atoms with Crippen molar-refractivity contribution in [2.75, 3.05) is 19.4 Å². The van der Waals surface area contributed by atoms with Crippen molar-refractivity contribution in [2.45, 2.75) is 6.54 Å². The predicted octanol–water partition coefficient (Wildman–Crippen LogP) is 3.28. The van der Waals surface area contributed by atoms with Gasteiger partial charge in [0.1, 0.15) is 0 Å². The zero-order chi connectivity index (χ0) is 15.4. The lowest BCUT2D eigenvalue weighted by molar-refractivity contribution is 0.0828. The van der Waals surface area contributed by atoms with Gasteiger partial charge in [0, 0.05) is 31.9 Å². The Morgan fingerprint density at radius 2 is 1.81 bits per heavy atom. The Hall–Kier alpha value is -2.43. The molecule has 0 aliphatic carbocycles. The Balaban J connectivity index is 2.21. The van der Waals surface area contributed by atoms with E-state index in [0.29, 0.717) is 11.3 Å². The molecule has 0 aliphatic heterocycles. The van der Waals surface area contributed by atoms with Gasteiger partial charge < -0.3 is 10.2 Å². The monoisotopic (exact) mass is 290 g/mol. The Bertz CT molecular complexity index is 656. The second-order valence-electron chi connectivity index (χ2n) is 4.81. The summed E-state index contributed by atoms with van der Waals surface area (Å²) in [5.41, 5.74) is 1.28. The molecule has 0 atom stereocenters. The van der Waals surface area contributed by atoms with E-state index in [-0.39, 0.29) is 18.0 Å². The summed E-state index contributed by atoms with van der Waals surface area (Å²) < 4.78 is 26.8. The molecule has 0 bridgehead atoms. The third kappa shape index (κ3) is 3.37. The molecular formula is C16H16F2N2O. The zero-order valence-corrected chi connectivity index (χ0v) is 11.9. The van der Waals surface area contributed by atoms with Crippen molar-refractivity contribution in [1.82, 2.24) is 4.90 Å². The highest BCUT2D eigenvalue weighted by molar-refractivity contribution is 5.99. The summed E-state index contributed by atoms with van der Waals surface area (Å²) in [5.74, 6) is -1.91. The van der Waals surface area contributed by atoms with Gasteiger partial charge in [-0.15, -0.1) is 0 Å². The highest BCUT2D eigenvalue weighted by Crippen LogP contribution is 2.19. The minimum absolute atomic E-state index is 0.0985. The van der Waals surface area contributed by atoms with Crippen LogP contribution >= 0.6 is 0 Å². The number of hydrogen-bond acceptors (Lipinski definition) is 2. The fraction of sp³-hybridized carbons (Fsp3) is 0.188. The van der Waals surface area contributed by atoms with Crippen molar-refractivity contribution in [2.24, 2.45) is 0 Å². The van der Waals surface area contributed by atoms with E-state index in [2.05, 4.69) is 5.32 Å². The van der Waals surface area contributed by atoms with E-state index >= 15 is 0 Å². The first kappa shape index (κ1) is 15.0. The Kier molecular flexibility index (Phi) is 4.52. The zero-order valence-electron chi connectivity index (χ0n) is 11.9. The van der Waals surface area contributed by atoms with Crippen LogP contribution in [0.1, 0.15) is 15.9 Å². The van der Waals surface area contributed by atoms with Crippen molar-refractivity contribution in [1.29, 1.82) is 0 Å². The van der Waals surface area contributed by atoms with Crippen molar-refractivity contribution in [3.8, 4) is 0 Å². The second kappa shape index (κ2) is 6.35. The van der Waals surface area contributed by atoms with Gasteiger partial charge in [0.25, 0.3) is 5.91 Å². The minimum atomic E-state index is -0.882. The number of halogens is 2. The number of nitrogens with zero attached hydrogens (tertiary/aromatic N) is 1. The summed E-state index contributed by atoms with van der Waals surface area (Å²) in [4.78, 5) is 13.5. The number of rotatable bonds is 4. The summed E-state index contributed by atoms with van der Waals surface area (Å²) in [5, 5.41) is 2.98. The summed E-state index contributed by atoms with van der Waals surface area (Å²) in [6.07, 6.45) is 0. The van der Waals surface area contributed by atoms with Gasteiger partial charge in [-0.05, 0) is 18.2 Å². The number of carbonyl (C=O) groups is 1. The molecule has 0 aromatic heterocycles. The highest BCUT2D eigenvalue weighted by Gasteiger charge is 2.13. The molecular weight excluding hydrogens is 274 g/mol. The van der Waals surface area contributed by atoms with E-state index in [1.54, 1.807) is 38.4 Å². The molecule has 0 heterocycles. The number of nitrogens with one attached hydrogen (secondary N) is 1. The normalized spacial score (nSPS) is 10.3. The minimum Gasteiger partial charge on any atom is -0.380 e. The van der Waals surface area contributed by atoms with Crippen LogP contribution in [0.15, 0.2) is 42.5 Å². The molecule has 0 spiro atoms. The van der Waals surface area contributed by atoms with Gasteiger partial charge in [0.15, 0.2) is 11.6 Å². The number of hydrogen-bond donors (Lipinski definition) is 1. The van der Waals surface area contributed by atoms with Crippen LogP contribution in [0.2, 0.25) is 0 Å². The average Bonchev–Trinajstić information content (AvgIpc) is 2.48. The first-order valence-corrected chi connectivity index (χ1v) is 6.48. The van der Waals surface area contributed by atoms with E-state index in [1.165, 1.54) is 17.0 Å². The first-order chi connectivity index (χ1) is 10.0. The van der Waals surface area contributed by atoms with Crippen LogP contribution in [-0.2, 0) is 6.54 Å². The molecule has 21 heavy (non-hydrogen) atoms. The van der Waals surface area contributed by atoms with Crippen LogP contribution in [0, 0.1) is 11.6 Å². The third-order valence-electron chi connectivity index (χ3n) is 3.06. The molecule has 0 aliphatic rings. The number of anilines is 1. The van der Waals surface area contributed by atoms with Crippen molar-refractivity contribution in [3.05, 3.63) is 65.2 Å². The van der Waals surface area contributed by atoms with Gasteiger partial charge in [-0.1, -0.05) is 24.3 Å². The van der Waals surface area contributed by atoms with E-state index in [0.717, 1.165) is 6.07 Å². The SMILES string of the molecule is CN(C)C(=O)c1ccccc1NCc1cccc(F)c1F. The molecule has 2 rings (SSSR count). The lowest BCUT2D eigenvalue weighted by atomic mass is 10.1. The molecule has 0 fully saturated rings. The van der Waals surface area contributed by atoms with E-state index in [9.17, 15) is 13.6 Å². The largest absolute Gasteiger partial charge is 0.380 e. The molecule has 1 N–H and O–H groups in total. The van der Waals surface area contributed by atoms with Gasteiger partial charge in [-0.25, -0.2) is 8.78 Å². The fourth-order valence-corrected chi connectivity index (χ4v) is 1.94. The van der Waals surface area contributed by atoms with E-state index in [4.69, 9.17) is 0 Å². The molecule has 110 valence electrons. The summed E-state index contributed by atoms with van der Waals surface area (Å²) in [6.45, 7) is 0.0985. The standard InChI is InChI=1S/C16H16F2N2O/c1-20(2)16(21)12-7-3-4-9-14(12)19-10-11-6-5-8-13(17)15(11)18/h3-9,19H,10H2,1-2H3. The van der Waals surface area contributed by atoms with E-state index in [1.807, 2.05) is 0 Å². The van der Waals surface area contributed by atoms with Gasteiger partial charge >= 0.3 is 0 Å². The Morgan fingerprint density at radius 1 is 1.10 bits per heavy atom. The number of benzene rings is 2. The molecule has 2 aromatic rings. The van der Waals surface area contributed by atoms with E-state index < -0.39 is 11.6 Å². The molecule has 0 saturated carbocycles. The maximum Gasteiger partial charge on any atom is 0.255 e. The van der Waals surface area contributed by atoms with Crippen LogP contribution in [-0.4, -0.2) is 24.9 Å². The smallest absolute Gasteiger partial charge is 0.255 e. The maximum absolute atomic E-state index is 13.6. The summed E-state index contributed by atoms with van der Waals surface area (Å²) in [7, 11) is 3.32. The van der Waals surface area contributed by atoms with Gasteiger partial charge in [0.2, 0.25) is 0 Å². The van der Waals surface area contributed by atoms with Crippen LogP contribution < -0.4 is 5.32 Å². The summed E-state index contributed by atoms with van der Waals surface area (Å²) in [6, 6.07) is 11.0. The Labute approximate surface area is 122 Å². The molecule has 0 saturated heterocycles. The van der Waals surface area contributed by atoms with Gasteiger partial charge in [-0.2, -0.15) is 0 Å². The fourth-order valence-electron chi connectivity index (χ4n) is 1.94. The molecule has 2 aromatic carbocycles. The van der Waals surface area contributed by atoms with Crippen molar-refractivity contribution >= 4 is 11.6 Å². The van der Waals surface area contributed by atoms with Crippen molar-refractivity contribution in [3.63, 3.8) is 0 Å². The average molecular weight is 290 g/mol. The van der Waals surface area contributed by atoms with Crippen LogP contribution in [0.4, 0.5) is 14.5 Å². The molecule has 3 nitrogen and oxygen atoms in total. The Morgan fingerprint density at radius 3 is 2.52 bits per heavy atom. The molecule has 0 radical (unpaired) electrons. The lowest BCUT2D eigenvalue weighted by Crippen LogP contribution is -2.23. The predicted molar refractivity (Wildman–Crippen MR) is 78.1 cm³/mol. The number of amides is 1. The topological polar surface area (TPSA) is 32.3 Å². The number of carbonyl (C=O) groups excluding carboxylic acids is 1. The van der Waals surface area contributed by atoms with Crippen LogP contribution in [0.3, 0.4) is 0 Å². The highest BCUT2D eigenvalue weighted by atomic mass is 19.2. The molecule has 0 unspecified atom stereocenters. The number of para-hydroxylation sites is 1. The van der Waals surface area contributed by atoms with Crippen LogP contribution in [0.5, 0.6) is 0 Å². The summed E-state index contributed by atoms with van der Waals surface area (Å²) >= 11 is 0. The quantitative estimate of drug-likeness (QED) is 0.937. The molecule has 5 heteroatoms. The van der Waals surface area contributed by atoms with Crippen molar-refractivity contribution < 1.29 is 13.6 Å². The maximum atomic E-state index is 13.6. The lowest BCUT2D eigenvalue weighted by Gasteiger charge is -2.15. The molecule has 1 amide bonds. The van der Waals surface area contributed by atoms with Gasteiger partial charge in [-0.3, -0.25) is 4.79 Å². The van der Waals surface area contributed by atoms with Crippen LogP contribution in [0.25, 0.3) is 0 Å². The first-order valence-electron chi connectivity index (χ1n) is 6.48. The second-order valence-corrected chi connectivity index (χ2v) is 4.81. The third-order valence-corrected chi connectivity index (χ3v) is 3.06. The van der Waals surface area contributed by atoms with Gasteiger partial charge in [0.05, 0.1) is 5.56 Å².